The minimum atomic E-state index is -3.13. The maximum absolute atomic E-state index is 8.74. The van der Waals surface area contributed by atoms with Crippen molar-refractivity contribution in [2.24, 2.45) is 0 Å². The standard InChI is InChI=1S/C9H7N.H3O3P/c1-2-6-9-8(4-1)5-3-7-10-9;1-4(2)3/h1-7H;4H,(H2,1,2,3). The molecule has 0 spiro atoms. The Labute approximate surface area is 81.8 Å². The molecule has 5 heteroatoms. The quantitative estimate of drug-likeness (QED) is 0.649. The number of aromatic nitrogens is 1. The molecule has 4 nitrogen and oxygen atoms in total. The van der Waals surface area contributed by atoms with Gasteiger partial charge in [-0.2, -0.15) is 0 Å². The minimum absolute atomic E-state index is 1.06. The Morgan fingerprint density at radius 2 is 1.64 bits per heavy atom. The van der Waals surface area contributed by atoms with E-state index in [9.17, 15) is 0 Å². The highest BCUT2D eigenvalue weighted by molar-refractivity contribution is 7.30. The van der Waals surface area contributed by atoms with E-state index in [1.807, 2.05) is 30.5 Å². The Morgan fingerprint density at radius 3 is 2.29 bits per heavy atom. The molecule has 0 bridgehead atoms. The molecule has 0 atom stereocenters. The van der Waals surface area contributed by atoms with Gasteiger partial charge in [0.2, 0.25) is 0 Å². The van der Waals surface area contributed by atoms with Gasteiger partial charge in [-0.05, 0) is 12.1 Å². The fraction of sp³-hybridized carbons (Fsp3) is 0. The van der Waals surface area contributed by atoms with E-state index in [0.717, 1.165) is 5.52 Å². The first-order valence-corrected chi connectivity index (χ1v) is 5.22. The van der Waals surface area contributed by atoms with Gasteiger partial charge in [-0.25, -0.2) is 0 Å². The van der Waals surface area contributed by atoms with Gasteiger partial charge in [-0.1, -0.05) is 24.3 Å². The number of pyridine rings is 1. The van der Waals surface area contributed by atoms with Crippen LogP contribution in [0.5, 0.6) is 0 Å². The molecule has 0 amide bonds. The van der Waals surface area contributed by atoms with Crippen molar-refractivity contribution in [3.63, 3.8) is 0 Å². The SMILES string of the molecule is O=[PH](O)O.c1ccc2ncccc2c1. The summed E-state index contributed by atoms with van der Waals surface area (Å²) in [4.78, 5) is 18.5. The Bertz CT molecular complexity index is 364. The van der Waals surface area contributed by atoms with Crippen LogP contribution in [0.15, 0.2) is 42.6 Å². The van der Waals surface area contributed by atoms with Crippen molar-refractivity contribution in [1.29, 1.82) is 0 Å². The Balaban J connectivity index is 0.000000213. The van der Waals surface area contributed by atoms with Crippen molar-refractivity contribution in [2.45, 2.75) is 0 Å². The highest BCUT2D eigenvalue weighted by Crippen LogP contribution is 2.07. The molecule has 0 radical (unpaired) electrons. The van der Waals surface area contributed by atoms with Gasteiger partial charge in [0.15, 0.2) is 0 Å². The molecule has 0 saturated heterocycles. The molecule has 0 aliphatic carbocycles. The van der Waals surface area contributed by atoms with Gasteiger partial charge in [-0.3, -0.25) is 9.55 Å². The Morgan fingerprint density at radius 1 is 1.07 bits per heavy atom. The molecule has 0 unspecified atom stereocenters. The van der Waals surface area contributed by atoms with E-state index in [1.165, 1.54) is 5.39 Å². The molecule has 1 aromatic carbocycles. The van der Waals surface area contributed by atoms with Crippen LogP contribution in [-0.2, 0) is 4.57 Å². The summed E-state index contributed by atoms with van der Waals surface area (Å²) in [5.41, 5.74) is 1.06. The van der Waals surface area contributed by atoms with Crippen molar-refractivity contribution in [3.8, 4) is 0 Å². The second kappa shape index (κ2) is 5.50. The van der Waals surface area contributed by atoms with Crippen LogP contribution in [0.3, 0.4) is 0 Å². The second-order valence-corrected chi connectivity index (χ2v) is 3.04. The van der Waals surface area contributed by atoms with E-state index >= 15 is 0 Å². The zero-order valence-corrected chi connectivity index (χ0v) is 8.29. The largest absolute Gasteiger partial charge is 0.326 e. The van der Waals surface area contributed by atoms with Gasteiger partial charge in [0.25, 0.3) is 0 Å². The summed E-state index contributed by atoms with van der Waals surface area (Å²) in [5, 5.41) is 1.20. The van der Waals surface area contributed by atoms with Gasteiger partial charge in [0, 0.05) is 11.6 Å². The lowest BCUT2D eigenvalue weighted by Crippen LogP contribution is -1.73. The average Bonchev–Trinajstić information content (AvgIpc) is 2.17. The molecule has 74 valence electrons. The van der Waals surface area contributed by atoms with E-state index < -0.39 is 8.25 Å². The number of hydrogen-bond donors (Lipinski definition) is 2. The maximum Gasteiger partial charge on any atom is 0.314 e. The molecule has 0 fully saturated rings. The van der Waals surface area contributed by atoms with E-state index in [1.54, 1.807) is 0 Å². The third kappa shape index (κ3) is 3.66. The number of para-hydroxylation sites is 1. The van der Waals surface area contributed by atoms with Crippen molar-refractivity contribution >= 4 is 19.2 Å². The number of nitrogens with zero attached hydrogens (tertiary/aromatic N) is 1. The zero-order valence-electron chi connectivity index (χ0n) is 7.29. The summed E-state index contributed by atoms with van der Waals surface area (Å²) >= 11 is 0. The van der Waals surface area contributed by atoms with Crippen LogP contribution in [-0.4, -0.2) is 14.8 Å². The van der Waals surface area contributed by atoms with Crippen molar-refractivity contribution in [3.05, 3.63) is 42.6 Å². The van der Waals surface area contributed by atoms with Crippen molar-refractivity contribution < 1.29 is 14.4 Å². The van der Waals surface area contributed by atoms with E-state index in [-0.39, 0.29) is 0 Å². The molecular weight excluding hydrogens is 201 g/mol. The summed E-state index contributed by atoms with van der Waals surface area (Å²) in [7, 11) is -3.13. The minimum Gasteiger partial charge on any atom is -0.326 e. The summed E-state index contributed by atoms with van der Waals surface area (Å²) in [6.07, 6.45) is 1.81. The molecule has 0 saturated carbocycles. The lowest BCUT2D eigenvalue weighted by Gasteiger charge is -1.91. The van der Waals surface area contributed by atoms with Gasteiger partial charge < -0.3 is 9.79 Å². The predicted octanol–water partition coefficient (Wildman–Crippen LogP) is 1.60. The third-order valence-corrected chi connectivity index (χ3v) is 1.51. The molecule has 1 heterocycles. The smallest absolute Gasteiger partial charge is 0.314 e. The monoisotopic (exact) mass is 211 g/mol. The van der Waals surface area contributed by atoms with E-state index in [0.29, 0.717) is 0 Å². The first-order chi connectivity index (χ1) is 6.70. The number of benzene rings is 1. The Kier molecular flexibility index (Phi) is 4.26. The number of rotatable bonds is 0. The van der Waals surface area contributed by atoms with Gasteiger partial charge in [-0.15, -0.1) is 0 Å². The van der Waals surface area contributed by atoms with Crippen LogP contribution in [0.1, 0.15) is 0 Å². The third-order valence-electron chi connectivity index (χ3n) is 1.51. The summed E-state index contributed by atoms with van der Waals surface area (Å²) < 4.78 is 8.74. The highest BCUT2D eigenvalue weighted by Gasteiger charge is 1.86. The second-order valence-electron chi connectivity index (χ2n) is 2.48. The van der Waals surface area contributed by atoms with Gasteiger partial charge >= 0.3 is 8.25 Å². The summed E-state index contributed by atoms with van der Waals surface area (Å²) in [6, 6.07) is 12.1. The number of hydrogen-bond acceptors (Lipinski definition) is 2. The van der Waals surface area contributed by atoms with Gasteiger partial charge in [0.1, 0.15) is 0 Å². The van der Waals surface area contributed by atoms with Crippen LogP contribution in [0, 0.1) is 0 Å². The first kappa shape index (κ1) is 10.9. The Hall–Kier alpha value is -1.22. The summed E-state index contributed by atoms with van der Waals surface area (Å²) in [5.74, 6) is 0. The molecule has 0 aliphatic heterocycles. The van der Waals surface area contributed by atoms with Crippen LogP contribution in [0.25, 0.3) is 10.9 Å². The van der Waals surface area contributed by atoms with Crippen molar-refractivity contribution in [2.75, 3.05) is 0 Å². The van der Waals surface area contributed by atoms with E-state index in [4.69, 9.17) is 14.4 Å². The first-order valence-electron chi connectivity index (χ1n) is 3.92. The maximum atomic E-state index is 8.74. The van der Waals surface area contributed by atoms with Gasteiger partial charge in [0.05, 0.1) is 5.52 Å². The van der Waals surface area contributed by atoms with Crippen LogP contribution in [0.4, 0.5) is 0 Å². The molecule has 1 aromatic heterocycles. The molecule has 2 aromatic rings. The predicted molar refractivity (Wildman–Crippen MR) is 55.2 cm³/mol. The highest BCUT2D eigenvalue weighted by atomic mass is 31.1. The lowest BCUT2D eigenvalue weighted by molar-refractivity contribution is 0.405. The van der Waals surface area contributed by atoms with E-state index in [2.05, 4.69) is 17.1 Å². The lowest BCUT2D eigenvalue weighted by atomic mass is 10.2. The average molecular weight is 211 g/mol. The molecule has 2 N–H and O–H groups in total. The van der Waals surface area contributed by atoms with Crippen LogP contribution < -0.4 is 0 Å². The fourth-order valence-corrected chi connectivity index (χ4v) is 1.02. The topological polar surface area (TPSA) is 70.4 Å². The number of fused-ring (bicyclic) bond motifs is 1. The zero-order chi connectivity index (χ0) is 10.4. The normalized spacial score (nSPS) is 9.64. The fourth-order valence-electron chi connectivity index (χ4n) is 1.02. The molecule has 14 heavy (non-hydrogen) atoms. The van der Waals surface area contributed by atoms with Crippen LogP contribution in [0.2, 0.25) is 0 Å². The molecule has 0 aliphatic rings. The molecular formula is C9H10NO3P. The van der Waals surface area contributed by atoms with Crippen molar-refractivity contribution in [1.82, 2.24) is 4.98 Å². The summed E-state index contributed by atoms with van der Waals surface area (Å²) in [6.45, 7) is 0. The van der Waals surface area contributed by atoms with Crippen LogP contribution >= 0.6 is 8.25 Å². The molecule has 2 rings (SSSR count).